The molecule has 0 atom stereocenters. The molecule has 4 heterocycles. The predicted molar refractivity (Wildman–Crippen MR) is 103 cm³/mol. The average molecular weight is 381 g/mol. The Bertz CT molecular complexity index is 929. The highest BCUT2D eigenvalue weighted by Crippen LogP contribution is 2.28. The van der Waals surface area contributed by atoms with Crippen molar-refractivity contribution in [3.8, 4) is 5.88 Å². The van der Waals surface area contributed by atoms with Gasteiger partial charge in [-0.25, -0.2) is 9.97 Å². The van der Waals surface area contributed by atoms with Crippen LogP contribution in [0.25, 0.3) is 5.57 Å². The normalized spacial score (nSPS) is 17.1. The first kappa shape index (κ1) is 18.2. The van der Waals surface area contributed by atoms with E-state index in [1.807, 2.05) is 25.3 Å². The van der Waals surface area contributed by atoms with Crippen LogP contribution in [-0.2, 0) is 4.79 Å². The number of carbonyl (C=O) groups is 2. The molecular formula is C20H23N5O3. The van der Waals surface area contributed by atoms with Gasteiger partial charge in [0.15, 0.2) is 0 Å². The molecule has 0 radical (unpaired) electrons. The van der Waals surface area contributed by atoms with Crippen LogP contribution in [0.1, 0.15) is 35.1 Å². The van der Waals surface area contributed by atoms with Crippen LogP contribution in [0.4, 0.5) is 0 Å². The molecule has 1 fully saturated rings. The molecule has 1 saturated heterocycles. The van der Waals surface area contributed by atoms with E-state index in [0.717, 1.165) is 23.3 Å². The maximum Gasteiger partial charge on any atom is 0.270 e. The van der Waals surface area contributed by atoms with Crippen molar-refractivity contribution >= 4 is 17.4 Å². The summed E-state index contributed by atoms with van der Waals surface area (Å²) in [5.41, 5.74) is 3.38. The average Bonchev–Trinajstić information content (AvgIpc) is 3.11. The van der Waals surface area contributed by atoms with E-state index in [-0.39, 0.29) is 17.9 Å². The lowest BCUT2D eigenvalue weighted by atomic mass is 10.0. The molecular weight excluding hydrogens is 358 g/mol. The standard InChI is InChI=1S/C20H23N5O3/c1-13-9-17(23-10-13)20(27)25-11-16(12-25)28-19-18(21-5-6-22-19)15-3-7-24(8-4-15)14(2)26/h3,5-6,9-10,16,23H,4,7-8,11-12H2,1-2H3. The van der Waals surface area contributed by atoms with Crippen LogP contribution in [0.2, 0.25) is 0 Å². The monoisotopic (exact) mass is 381 g/mol. The summed E-state index contributed by atoms with van der Waals surface area (Å²) in [4.78, 5) is 39.2. The SMILES string of the molecule is CC(=O)N1CC=C(c2nccnc2OC2CN(C(=O)c3cc(C)c[nH]3)C2)CC1. The number of ether oxygens (including phenoxy) is 1. The number of hydrogen-bond acceptors (Lipinski definition) is 5. The summed E-state index contributed by atoms with van der Waals surface area (Å²) in [6, 6.07) is 1.84. The van der Waals surface area contributed by atoms with Crippen molar-refractivity contribution in [2.24, 2.45) is 0 Å². The highest BCUT2D eigenvalue weighted by molar-refractivity contribution is 5.93. The maximum atomic E-state index is 12.4. The molecule has 28 heavy (non-hydrogen) atoms. The summed E-state index contributed by atoms with van der Waals surface area (Å²) in [6.45, 7) is 5.79. The number of rotatable bonds is 4. The second-order valence-corrected chi connectivity index (χ2v) is 7.20. The third-order valence-corrected chi connectivity index (χ3v) is 5.09. The zero-order valence-electron chi connectivity index (χ0n) is 16.0. The van der Waals surface area contributed by atoms with Crippen LogP contribution in [0, 0.1) is 6.92 Å². The van der Waals surface area contributed by atoms with E-state index < -0.39 is 0 Å². The van der Waals surface area contributed by atoms with Crippen LogP contribution in [-0.4, -0.2) is 68.8 Å². The first-order valence-corrected chi connectivity index (χ1v) is 9.38. The summed E-state index contributed by atoms with van der Waals surface area (Å²) in [5.74, 6) is 0.534. The quantitative estimate of drug-likeness (QED) is 0.870. The van der Waals surface area contributed by atoms with Gasteiger partial charge in [0, 0.05) is 38.6 Å². The van der Waals surface area contributed by atoms with Crippen LogP contribution in [0.3, 0.4) is 0 Å². The topological polar surface area (TPSA) is 91.4 Å². The van der Waals surface area contributed by atoms with Gasteiger partial charge in [0.2, 0.25) is 11.8 Å². The van der Waals surface area contributed by atoms with Crippen LogP contribution in [0.15, 0.2) is 30.7 Å². The van der Waals surface area contributed by atoms with Gasteiger partial charge >= 0.3 is 0 Å². The minimum atomic E-state index is -0.103. The van der Waals surface area contributed by atoms with Crippen molar-refractivity contribution in [2.75, 3.05) is 26.2 Å². The maximum absolute atomic E-state index is 12.4. The Hall–Kier alpha value is -3.16. The van der Waals surface area contributed by atoms with Gasteiger partial charge in [0.1, 0.15) is 17.5 Å². The van der Waals surface area contributed by atoms with E-state index in [1.54, 1.807) is 29.1 Å². The molecule has 8 nitrogen and oxygen atoms in total. The van der Waals surface area contributed by atoms with E-state index in [1.165, 1.54) is 0 Å². The number of hydrogen-bond donors (Lipinski definition) is 1. The lowest BCUT2D eigenvalue weighted by molar-refractivity contribution is -0.128. The number of aryl methyl sites for hydroxylation is 1. The van der Waals surface area contributed by atoms with Crippen LogP contribution < -0.4 is 4.74 Å². The zero-order chi connectivity index (χ0) is 19.7. The molecule has 0 aromatic carbocycles. The number of nitrogens with zero attached hydrogens (tertiary/aromatic N) is 4. The number of carbonyl (C=O) groups excluding carboxylic acids is 2. The van der Waals surface area contributed by atoms with Gasteiger partial charge in [-0.3, -0.25) is 9.59 Å². The number of likely N-dealkylation sites (tertiary alicyclic amines) is 1. The van der Waals surface area contributed by atoms with Gasteiger partial charge in [0.05, 0.1) is 13.1 Å². The van der Waals surface area contributed by atoms with Gasteiger partial charge in [0.25, 0.3) is 5.91 Å². The Kier molecular flexibility index (Phi) is 4.85. The summed E-state index contributed by atoms with van der Waals surface area (Å²) < 4.78 is 6.03. The smallest absolute Gasteiger partial charge is 0.270 e. The molecule has 4 rings (SSSR count). The third kappa shape index (κ3) is 3.62. The molecule has 0 aliphatic carbocycles. The molecule has 2 aromatic rings. The van der Waals surface area contributed by atoms with Gasteiger partial charge in [-0.05, 0) is 30.5 Å². The molecule has 8 heteroatoms. The van der Waals surface area contributed by atoms with Crippen molar-refractivity contribution < 1.29 is 14.3 Å². The molecule has 2 aliphatic heterocycles. The zero-order valence-corrected chi connectivity index (χ0v) is 16.0. The lowest BCUT2D eigenvalue weighted by Crippen LogP contribution is -2.56. The van der Waals surface area contributed by atoms with E-state index >= 15 is 0 Å². The second-order valence-electron chi connectivity index (χ2n) is 7.20. The van der Waals surface area contributed by atoms with Crippen molar-refractivity contribution in [3.05, 3.63) is 47.7 Å². The van der Waals surface area contributed by atoms with Crippen molar-refractivity contribution in [1.82, 2.24) is 24.8 Å². The number of aromatic nitrogens is 3. The van der Waals surface area contributed by atoms with Crippen LogP contribution in [0.5, 0.6) is 5.88 Å². The number of aromatic amines is 1. The minimum absolute atomic E-state index is 0.0216. The van der Waals surface area contributed by atoms with Gasteiger partial charge in [-0.1, -0.05) is 6.08 Å². The minimum Gasteiger partial charge on any atom is -0.469 e. The van der Waals surface area contributed by atoms with Crippen LogP contribution >= 0.6 is 0 Å². The number of H-pyrrole nitrogens is 1. The van der Waals surface area contributed by atoms with Gasteiger partial charge < -0.3 is 19.5 Å². The summed E-state index contributed by atoms with van der Waals surface area (Å²) in [5, 5.41) is 0. The van der Waals surface area contributed by atoms with E-state index in [9.17, 15) is 9.59 Å². The first-order valence-electron chi connectivity index (χ1n) is 9.38. The second kappa shape index (κ2) is 7.46. The summed E-state index contributed by atoms with van der Waals surface area (Å²) in [7, 11) is 0. The van der Waals surface area contributed by atoms with Gasteiger partial charge in [-0.2, -0.15) is 0 Å². The Balaban J connectivity index is 1.39. The Labute approximate surface area is 163 Å². The van der Waals surface area contributed by atoms with E-state index in [4.69, 9.17) is 4.74 Å². The fourth-order valence-corrected chi connectivity index (χ4v) is 3.43. The lowest BCUT2D eigenvalue weighted by Gasteiger charge is -2.38. The molecule has 2 amide bonds. The van der Waals surface area contributed by atoms with Gasteiger partial charge in [-0.15, -0.1) is 0 Å². The van der Waals surface area contributed by atoms with Crippen molar-refractivity contribution in [1.29, 1.82) is 0 Å². The molecule has 0 bridgehead atoms. The molecule has 2 aliphatic rings. The molecule has 0 saturated carbocycles. The molecule has 146 valence electrons. The largest absolute Gasteiger partial charge is 0.469 e. The summed E-state index contributed by atoms with van der Waals surface area (Å²) in [6.07, 6.45) is 7.69. The first-order chi connectivity index (χ1) is 13.5. The number of nitrogens with one attached hydrogen (secondary N) is 1. The Morgan fingerprint density at radius 2 is 2.00 bits per heavy atom. The third-order valence-electron chi connectivity index (χ3n) is 5.09. The molecule has 0 unspecified atom stereocenters. The highest BCUT2D eigenvalue weighted by Gasteiger charge is 2.34. The van der Waals surface area contributed by atoms with Crippen molar-refractivity contribution in [3.63, 3.8) is 0 Å². The molecule has 2 aromatic heterocycles. The van der Waals surface area contributed by atoms with E-state index in [2.05, 4.69) is 15.0 Å². The fourth-order valence-electron chi connectivity index (χ4n) is 3.43. The van der Waals surface area contributed by atoms with E-state index in [0.29, 0.717) is 37.8 Å². The highest BCUT2D eigenvalue weighted by atomic mass is 16.5. The Morgan fingerprint density at radius 3 is 2.64 bits per heavy atom. The van der Waals surface area contributed by atoms with Crippen molar-refractivity contribution in [2.45, 2.75) is 26.4 Å². The predicted octanol–water partition coefficient (Wildman–Crippen LogP) is 1.65. The Morgan fingerprint density at radius 1 is 1.21 bits per heavy atom. The summed E-state index contributed by atoms with van der Waals surface area (Å²) >= 11 is 0. The molecule has 1 N–H and O–H groups in total. The molecule has 0 spiro atoms. The fraction of sp³-hybridized carbons (Fsp3) is 0.400. The number of amides is 2.